The third-order valence-electron chi connectivity index (χ3n) is 3.71. The molecule has 0 amide bonds. The number of hydrogen-bond acceptors (Lipinski definition) is 3. The zero-order chi connectivity index (χ0) is 19.0. The van der Waals surface area contributed by atoms with E-state index in [4.69, 9.17) is 9.78 Å². The summed E-state index contributed by atoms with van der Waals surface area (Å²) in [6.45, 7) is 20.0. The molecule has 0 aromatic heterocycles. The van der Waals surface area contributed by atoms with Gasteiger partial charge in [0.15, 0.2) is 11.4 Å². The molecule has 136 valence electrons. The minimum Gasteiger partial charge on any atom is -0.289 e. The number of Topliss-reactive ketones (excluding diaryl/α,β-unsaturated/α-hetero) is 1. The number of carbonyl (C=O) groups excluding carboxylic acids is 1. The zero-order valence-electron chi connectivity index (χ0n) is 17.0. The summed E-state index contributed by atoms with van der Waals surface area (Å²) in [5, 5.41) is 0. The minimum absolute atomic E-state index is 0.0921. The van der Waals surface area contributed by atoms with Crippen molar-refractivity contribution in [1.82, 2.24) is 0 Å². The highest BCUT2D eigenvalue weighted by Gasteiger charge is 2.41. The Labute approximate surface area is 147 Å². The van der Waals surface area contributed by atoms with Crippen LogP contribution in [0, 0.1) is 10.8 Å². The second-order valence-corrected chi connectivity index (χ2v) is 9.58. The first-order chi connectivity index (χ1) is 10.6. The van der Waals surface area contributed by atoms with Crippen molar-refractivity contribution in [2.24, 2.45) is 10.8 Å². The molecular weight excluding hydrogens is 300 g/mol. The summed E-state index contributed by atoms with van der Waals surface area (Å²) >= 11 is 0. The van der Waals surface area contributed by atoms with Gasteiger partial charge >= 0.3 is 0 Å². The van der Waals surface area contributed by atoms with Crippen molar-refractivity contribution >= 4 is 5.78 Å². The van der Waals surface area contributed by atoms with Crippen molar-refractivity contribution in [1.29, 1.82) is 0 Å². The Morgan fingerprint density at radius 2 is 1.29 bits per heavy atom. The number of rotatable bonds is 3. The average Bonchev–Trinajstić information content (AvgIpc) is 2.36. The smallest absolute Gasteiger partial charge is 0.185 e. The summed E-state index contributed by atoms with van der Waals surface area (Å²) in [7, 11) is 0. The van der Waals surface area contributed by atoms with Crippen molar-refractivity contribution in [3.8, 4) is 0 Å². The normalized spacial score (nSPS) is 19.5. The fourth-order valence-corrected chi connectivity index (χ4v) is 2.51. The Balaban J connectivity index is 3.54. The van der Waals surface area contributed by atoms with Crippen molar-refractivity contribution in [2.45, 2.75) is 80.4 Å². The first kappa shape index (κ1) is 20.9. The maximum atomic E-state index is 13.1. The third kappa shape index (κ3) is 5.15. The summed E-state index contributed by atoms with van der Waals surface area (Å²) in [4.78, 5) is 24.6. The Morgan fingerprint density at radius 3 is 1.58 bits per heavy atom. The Kier molecular flexibility index (Phi) is 5.74. The van der Waals surface area contributed by atoms with Crippen LogP contribution in [-0.4, -0.2) is 17.0 Å². The van der Waals surface area contributed by atoms with Crippen LogP contribution >= 0.6 is 0 Å². The van der Waals surface area contributed by atoms with Gasteiger partial charge in [-0.05, 0) is 56.8 Å². The van der Waals surface area contributed by atoms with Crippen LogP contribution < -0.4 is 0 Å². The van der Waals surface area contributed by atoms with Gasteiger partial charge in [0.25, 0.3) is 0 Å². The van der Waals surface area contributed by atoms with Crippen LogP contribution in [0.1, 0.15) is 69.2 Å². The molecule has 0 aromatic rings. The van der Waals surface area contributed by atoms with Crippen LogP contribution in [0.15, 0.2) is 35.5 Å². The van der Waals surface area contributed by atoms with Gasteiger partial charge in [-0.15, -0.1) is 0 Å². The van der Waals surface area contributed by atoms with Crippen LogP contribution in [-0.2, 0) is 14.6 Å². The summed E-state index contributed by atoms with van der Waals surface area (Å²) in [5.74, 6) is 0.0921. The zero-order valence-corrected chi connectivity index (χ0v) is 17.0. The van der Waals surface area contributed by atoms with Gasteiger partial charge in [0.2, 0.25) is 0 Å². The van der Waals surface area contributed by atoms with Gasteiger partial charge < -0.3 is 0 Å². The topological polar surface area (TPSA) is 35.5 Å². The molecule has 0 atom stereocenters. The molecule has 0 spiro atoms. The van der Waals surface area contributed by atoms with Gasteiger partial charge in [-0.3, -0.25) is 4.79 Å². The van der Waals surface area contributed by atoms with Gasteiger partial charge in [0.05, 0.1) is 5.60 Å². The quantitative estimate of drug-likeness (QED) is 0.384. The summed E-state index contributed by atoms with van der Waals surface area (Å²) < 4.78 is 0. The van der Waals surface area contributed by atoms with Crippen molar-refractivity contribution < 1.29 is 14.6 Å². The molecule has 3 heteroatoms. The third-order valence-corrected chi connectivity index (χ3v) is 3.71. The molecule has 3 nitrogen and oxygen atoms in total. The Hall–Kier alpha value is -1.19. The molecule has 0 radical (unpaired) electrons. The molecule has 1 aliphatic carbocycles. The fourth-order valence-electron chi connectivity index (χ4n) is 2.51. The lowest BCUT2D eigenvalue weighted by Gasteiger charge is -2.38. The predicted octanol–water partition coefficient (Wildman–Crippen LogP) is 5.58. The lowest BCUT2D eigenvalue weighted by Crippen LogP contribution is -2.39. The monoisotopic (exact) mass is 334 g/mol. The molecule has 24 heavy (non-hydrogen) atoms. The first-order valence-corrected chi connectivity index (χ1v) is 8.63. The Morgan fingerprint density at radius 1 is 0.875 bits per heavy atom. The highest BCUT2D eigenvalue weighted by molar-refractivity contribution is 6.11. The van der Waals surface area contributed by atoms with E-state index in [1.165, 1.54) is 0 Å². The molecule has 0 unspecified atom stereocenters. The summed E-state index contributed by atoms with van der Waals surface area (Å²) in [5.41, 5.74) is -0.363. The predicted molar refractivity (Wildman–Crippen MR) is 99.6 cm³/mol. The van der Waals surface area contributed by atoms with E-state index in [2.05, 4.69) is 0 Å². The standard InChI is InChI=1S/C21H34O3/c1-11-12-21(24-23-20(8,9)10)13-15(18(2,3)4)17(22)16(14-21)19(5,6)7/h11-14H,1-10H3/b12-11-. The molecule has 0 aliphatic heterocycles. The number of allylic oxidation sites excluding steroid dienone is 3. The van der Waals surface area contributed by atoms with Gasteiger partial charge in [-0.2, -0.15) is 0 Å². The van der Waals surface area contributed by atoms with Crippen molar-refractivity contribution in [3.63, 3.8) is 0 Å². The van der Waals surface area contributed by atoms with Crippen LogP contribution in [0.3, 0.4) is 0 Å². The Bertz CT molecular complexity index is 536. The van der Waals surface area contributed by atoms with E-state index in [-0.39, 0.29) is 16.6 Å². The lowest BCUT2D eigenvalue weighted by molar-refractivity contribution is -0.374. The molecule has 1 aliphatic rings. The van der Waals surface area contributed by atoms with Crippen LogP contribution in [0.2, 0.25) is 0 Å². The first-order valence-electron chi connectivity index (χ1n) is 8.63. The van der Waals surface area contributed by atoms with E-state index in [9.17, 15) is 4.79 Å². The highest BCUT2D eigenvalue weighted by Crippen LogP contribution is 2.42. The van der Waals surface area contributed by atoms with Gasteiger partial charge in [-0.25, -0.2) is 9.78 Å². The van der Waals surface area contributed by atoms with Crippen molar-refractivity contribution in [2.75, 3.05) is 0 Å². The molecule has 1 rings (SSSR count). The fraction of sp³-hybridized carbons (Fsp3) is 0.667. The van der Waals surface area contributed by atoms with E-state index in [0.717, 1.165) is 11.1 Å². The molecule has 0 heterocycles. The van der Waals surface area contributed by atoms with E-state index >= 15 is 0 Å². The lowest BCUT2D eigenvalue weighted by atomic mass is 9.69. The van der Waals surface area contributed by atoms with E-state index < -0.39 is 11.2 Å². The van der Waals surface area contributed by atoms with E-state index in [1.807, 2.05) is 93.5 Å². The number of carbonyl (C=O) groups is 1. The second kappa shape index (κ2) is 6.61. The molecule has 0 bridgehead atoms. The number of hydrogen-bond donors (Lipinski definition) is 0. The largest absolute Gasteiger partial charge is 0.289 e. The maximum absolute atomic E-state index is 13.1. The van der Waals surface area contributed by atoms with Crippen LogP contribution in [0.5, 0.6) is 0 Å². The van der Waals surface area contributed by atoms with Gasteiger partial charge in [0.1, 0.15) is 0 Å². The van der Waals surface area contributed by atoms with Crippen LogP contribution in [0.25, 0.3) is 0 Å². The molecular formula is C21H34O3. The van der Waals surface area contributed by atoms with Gasteiger partial charge in [-0.1, -0.05) is 47.6 Å². The molecule has 0 saturated carbocycles. The molecule has 0 saturated heterocycles. The summed E-state index contributed by atoms with van der Waals surface area (Å²) in [6, 6.07) is 0. The molecule has 0 fully saturated rings. The summed E-state index contributed by atoms with van der Waals surface area (Å²) in [6.07, 6.45) is 7.66. The van der Waals surface area contributed by atoms with Crippen molar-refractivity contribution in [3.05, 3.63) is 35.5 Å². The molecule has 0 N–H and O–H groups in total. The highest BCUT2D eigenvalue weighted by atomic mass is 17.2. The van der Waals surface area contributed by atoms with E-state index in [0.29, 0.717) is 0 Å². The average molecular weight is 335 g/mol. The van der Waals surface area contributed by atoms with Gasteiger partial charge in [0, 0.05) is 11.1 Å². The molecule has 0 aromatic carbocycles. The maximum Gasteiger partial charge on any atom is 0.185 e. The SMILES string of the molecule is C/C=C\C1(OOC(C)(C)C)C=C(C(C)(C)C)C(=O)C(C(C)(C)C)=C1. The number of ketones is 1. The van der Waals surface area contributed by atoms with Crippen LogP contribution in [0.4, 0.5) is 0 Å². The van der Waals surface area contributed by atoms with E-state index in [1.54, 1.807) is 0 Å². The second-order valence-electron chi connectivity index (χ2n) is 9.58. The minimum atomic E-state index is -0.874.